The smallest absolute Gasteiger partial charge is 0.231 e. The number of hydrogen-bond acceptors (Lipinski definition) is 4. The molecule has 2 heterocycles. The largest absolute Gasteiger partial charge is 0.454 e. The fraction of sp³-hybridized carbons (Fsp3) is 0.0588. The van der Waals surface area contributed by atoms with Crippen LogP contribution in [0, 0.1) is 0 Å². The van der Waals surface area contributed by atoms with Gasteiger partial charge in [-0.05, 0) is 18.2 Å². The van der Waals surface area contributed by atoms with Crippen LogP contribution in [0.2, 0.25) is 0 Å². The van der Waals surface area contributed by atoms with E-state index < -0.39 is 5.78 Å². The fourth-order valence-electron chi connectivity index (χ4n) is 2.69. The molecule has 0 spiro atoms. The summed E-state index contributed by atoms with van der Waals surface area (Å²) in [6.45, 7) is 0.208. The van der Waals surface area contributed by atoms with E-state index in [1.54, 1.807) is 6.20 Å². The fourth-order valence-corrected chi connectivity index (χ4v) is 2.69. The van der Waals surface area contributed by atoms with Crippen LogP contribution in [-0.4, -0.2) is 23.4 Å². The van der Waals surface area contributed by atoms with Gasteiger partial charge in [-0.25, -0.2) is 0 Å². The summed E-state index contributed by atoms with van der Waals surface area (Å²) in [4.78, 5) is 22.7. The second-order valence-corrected chi connectivity index (χ2v) is 4.95. The molecule has 0 bridgehead atoms. The van der Waals surface area contributed by atoms with Crippen molar-refractivity contribution in [2.75, 3.05) is 6.79 Å². The van der Waals surface area contributed by atoms with E-state index in [1.807, 2.05) is 47.0 Å². The SMILES string of the molecule is O=CC(=O)c1cn(-c2ccc3c(c2)OCO3)c2ccccc12. The monoisotopic (exact) mass is 293 g/mol. The van der Waals surface area contributed by atoms with Gasteiger partial charge in [-0.2, -0.15) is 0 Å². The lowest BCUT2D eigenvalue weighted by Crippen LogP contribution is -1.98. The number of carbonyl (C=O) groups is 2. The lowest BCUT2D eigenvalue weighted by molar-refractivity contribution is -0.104. The molecule has 5 heteroatoms. The normalized spacial score (nSPS) is 12.5. The number of fused-ring (bicyclic) bond motifs is 2. The predicted octanol–water partition coefficient (Wildman–Crippen LogP) is 2.74. The van der Waals surface area contributed by atoms with Crippen molar-refractivity contribution in [3.05, 3.63) is 54.2 Å². The van der Waals surface area contributed by atoms with Gasteiger partial charge in [0.1, 0.15) is 0 Å². The minimum absolute atomic E-state index is 0.208. The Morgan fingerprint density at radius 2 is 1.91 bits per heavy atom. The zero-order valence-electron chi connectivity index (χ0n) is 11.5. The number of aldehydes is 1. The van der Waals surface area contributed by atoms with E-state index in [2.05, 4.69) is 0 Å². The molecule has 4 rings (SSSR count). The Balaban J connectivity index is 1.95. The van der Waals surface area contributed by atoms with E-state index >= 15 is 0 Å². The van der Waals surface area contributed by atoms with Crippen molar-refractivity contribution in [2.24, 2.45) is 0 Å². The summed E-state index contributed by atoms with van der Waals surface area (Å²) in [6.07, 6.45) is 2.02. The number of ketones is 1. The summed E-state index contributed by atoms with van der Waals surface area (Å²) >= 11 is 0. The van der Waals surface area contributed by atoms with Gasteiger partial charge in [0.05, 0.1) is 11.1 Å². The van der Waals surface area contributed by atoms with Crippen molar-refractivity contribution < 1.29 is 19.1 Å². The number of Topliss-reactive ketones (excluding diaryl/α,β-unsaturated/α-hetero) is 1. The van der Waals surface area contributed by atoms with Gasteiger partial charge in [-0.1, -0.05) is 18.2 Å². The summed E-state index contributed by atoms with van der Waals surface area (Å²) in [5, 5.41) is 0.747. The van der Waals surface area contributed by atoms with E-state index in [1.165, 1.54) is 0 Å². The number of benzene rings is 2. The number of nitrogens with zero attached hydrogens (tertiary/aromatic N) is 1. The van der Waals surface area contributed by atoms with Gasteiger partial charge in [0.15, 0.2) is 17.8 Å². The van der Waals surface area contributed by atoms with E-state index in [9.17, 15) is 9.59 Å². The third-order valence-corrected chi connectivity index (χ3v) is 3.72. The highest BCUT2D eigenvalue weighted by atomic mass is 16.7. The van der Waals surface area contributed by atoms with Crippen molar-refractivity contribution >= 4 is 23.0 Å². The Labute approximate surface area is 125 Å². The first-order valence-electron chi connectivity index (χ1n) is 6.77. The summed E-state index contributed by atoms with van der Waals surface area (Å²) in [6, 6.07) is 13.0. The van der Waals surface area contributed by atoms with Crippen LogP contribution in [0.3, 0.4) is 0 Å². The Kier molecular flexibility index (Phi) is 2.72. The second-order valence-electron chi connectivity index (χ2n) is 4.95. The van der Waals surface area contributed by atoms with Gasteiger partial charge >= 0.3 is 0 Å². The minimum Gasteiger partial charge on any atom is -0.454 e. The zero-order valence-corrected chi connectivity index (χ0v) is 11.5. The molecule has 0 fully saturated rings. The molecular weight excluding hydrogens is 282 g/mol. The number of ether oxygens (including phenoxy) is 2. The number of hydrogen-bond donors (Lipinski definition) is 0. The van der Waals surface area contributed by atoms with E-state index in [4.69, 9.17) is 9.47 Å². The lowest BCUT2D eigenvalue weighted by atomic mass is 10.1. The molecule has 0 atom stereocenters. The van der Waals surface area contributed by atoms with Crippen LogP contribution in [0.4, 0.5) is 0 Å². The molecule has 3 aromatic rings. The molecule has 5 nitrogen and oxygen atoms in total. The molecule has 108 valence electrons. The van der Waals surface area contributed by atoms with Gasteiger partial charge in [-0.3, -0.25) is 9.59 Å². The van der Waals surface area contributed by atoms with Gasteiger partial charge < -0.3 is 14.0 Å². The molecule has 1 aliphatic rings. The lowest BCUT2D eigenvalue weighted by Gasteiger charge is -2.06. The molecule has 1 aromatic heterocycles. The summed E-state index contributed by atoms with van der Waals surface area (Å²) in [7, 11) is 0. The third kappa shape index (κ3) is 1.79. The summed E-state index contributed by atoms with van der Waals surface area (Å²) in [5.41, 5.74) is 2.08. The number of para-hydroxylation sites is 1. The van der Waals surface area contributed by atoms with Crippen LogP contribution in [0.25, 0.3) is 16.6 Å². The van der Waals surface area contributed by atoms with Crippen molar-refractivity contribution in [1.29, 1.82) is 0 Å². The zero-order chi connectivity index (χ0) is 15.1. The molecule has 0 saturated heterocycles. The van der Waals surface area contributed by atoms with Crippen molar-refractivity contribution in [3.8, 4) is 17.2 Å². The van der Waals surface area contributed by atoms with Crippen LogP contribution in [0.5, 0.6) is 11.5 Å². The van der Waals surface area contributed by atoms with E-state index in [0.29, 0.717) is 23.3 Å². The Bertz CT molecular complexity index is 910. The maximum atomic E-state index is 11.8. The van der Waals surface area contributed by atoms with Crippen LogP contribution < -0.4 is 9.47 Å². The first-order chi connectivity index (χ1) is 10.8. The maximum absolute atomic E-state index is 11.8. The first kappa shape index (κ1) is 12.6. The molecular formula is C17H11NO4. The number of aromatic nitrogens is 1. The minimum atomic E-state index is -0.532. The standard InChI is InChI=1S/C17H11NO4/c19-9-15(20)13-8-18(14-4-2-1-3-12(13)14)11-5-6-16-17(7-11)22-10-21-16/h1-9H,10H2. The second kappa shape index (κ2) is 4.73. The molecule has 0 aliphatic carbocycles. The molecule has 0 radical (unpaired) electrons. The van der Waals surface area contributed by atoms with Crippen LogP contribution in [0.15, 0.2) is 48.7 Å². The summed E-state index contributed by atoms with van der Waals surface area (Å²) in [5.74, 6) is 0.832. The highest BCUT2D eigenvalue weighted by Crippen LogP contribution is 2.35. The van der Waals surface area contributed by atoms with Gasteiger partial charge in [0, 0.05) is 23.3 Å². The number of carbonyl (C=O) groups excluding carboxylic acids is 2. The highest BCUT2D eigenvalue weighted by Gasteiger charge is 2.18. The molecule has 22 heavy (non-hydrogen) atoms. The highest BCUT2D eigenvalue weighted by molar-refractivity contribution is 6.36. The quantitative estimate of drug-likeness (QED) is 0.423. The Morgan fingerprint density at radius 1 is 1.09 bits per heavy atom. The van der Waals surface area contributed by atoms with E-state index in [-0.39, 0.29) is 6.79 Å². The topological polar surface area (TPSA) is 57.5 Å². The van der Waals surface area contributed by atoms with Crippen LogP contribution in [0.1, 0.15) is 10.4 Å². The molecule has 0 N–H and O–H groups in total. The van der Waals surface area contributed by atoms with E-state index in [0.717, 1.165) is 16.6 Å². The van der Waals surface area contributed by atoms with Crippen molar-refractivity contribution in [3.63, 3.8) is 0 Å². The predicted molar refractivity (Wildman–Crippen MR) is 79.8 cm³/mol. The Morgan fingerprint density at radius 3 is 2.77 bits per heavy atom. The molecule has 0 amide bonds. The van der Waals surface area contributed by atoms with Crippen LogP contribution in [-0.2, 0) is 4.79 Å². The molecule has 1 aliphatic heterocycles. The van der Waals surface area contributed by atoms with Gasteiger partial charge in [-0.15, -0.1) is 0 Å². The average Bonchev–Trinajstić information content (AvgIpc) is 3.17. The van der Waals surface area contributed by atoms with Gasteiger partial charge in [0.25, 0.3) is 0 Å². The Hall–Kier alpha value is -3.08. The third-order valence-electron chi connectivity index (χ3n) is 3.72. The molecule has 0 saturated carbocycles. The average molecular weight is 293 g/mol. The summed E-state index contributed by atoms with van der Waals surface area (Å²) < 4.78 is 12.6. The van der Waals surface area contributed by atoms with Crippen LogP contribution >= 0.6 is 0 Å². The van der Waals surface area contributed by atoms with Crippen molar-refractivity contribution in [1.82, 2.24) is 4.57 Å². The number of rotatable bonds is 3. The molecule has 0 unspecified atom stereocenters. The van der Waals surface area contributed by atoms with Gasteiger partial charge in [0.2, 0.25) is 12.6 Å². The maximum Gasteiger partial charge on any atom is 0.231 e. The molecule has 2 aromatic carbocycles. The first-order valence-corrected chi connectivity index (χ1v) is 6.77. The van der Waals surface area contributed by atoms with Crippen molar-refractivity contribution in [2.45, 2.75) is 0 Å².